The molecule has 29 heavy (non-hydrogen) atoms. The van der Waals surface area contributed by atoms with E-state index in [4.69, 9.17) is 0 Å². The maximum atomic E-state index is 12.5. The molecule has 3 N–H and O–H groups in total. The van der Waals surface area contributed by atoms with Gasteiger partial charge in [0, 0.05) is 36.4 Å². The zero-order chi connectivity index (χ0) is 20.8. The summed E-state index contributed by atoms with van der Waals surface area (Å²) < 4.78 is 0. The predicted molar refractivity (Wildman–Crippen MR) is 112 cm³/mol. The first-order chi connectivity index (χ1) is 13.9. The van der Waals surface area contributed by atoms with E-state index >= 15 is 0 Å². The summed E-state index contributed by atoms with van der Waals surface area (Å²) in [5.74, 6) is -0.912. The molecule has 0 bridgehead atoms. The Morgan fingerprint density at radius 3 is 1.90 bits per heavy atom. The van der Waals surface area contributed by atoms with Gasteiger partial charge >= 0.3 is 0 Å². The number of nitrogens with one attached hydrogen (secondary N) is 3. The molecule has 0 radical (unpaired) electrons. The van der Waals surface area contributed by atoms with Gasteiger partial charge in [-0.1, -0.05) is 18.2 Å². The lowest BCUT2D eigenvalue weighted by Gasteiger charge is -2.09. The molecule has 0 saturated heterocycles. The smallest absolute Gasteiger partial charge is 0.257 e. The number of carbonyl (C=O) groups excluding carboxylic acids is 3. The van der Waals surface area contributed by atoms with E-state index in [0.29, 0.717) is 17.1 Å². The van der Waals surface area contributed by atoms with E-state index in [-0.39, 0.29) is 22.9 Å². The fourth-order valence-corrected chi connectivity index (χ4v) is 2.64. The number of hydrogen-bond donors (Lipinski definition) is 3. The number of anilines is 3. The molecule has 3 rings (SSSR count). The molecule has 2 aromatic carbocycles. The minimum Gasteiger partial charge on any atom is -0.326 e. The summed E-state index contributed by atoms with van der Waals surface area (Å²) in [6.45, 7) is 3.32. The molecule has 1 aromatic heterocycles. The first kappa shape index (κ1) is 19.8. The number of amides is 3. The van der Waals surface area contributed by atoms with Crippen LogP contribution in [0.4, 0.5) is 17.1 Å². The van der Waals surface area contributed by atoms with Gasteiger partial charge in [0.15, 0.2) is 0 Å². The lowest BCUT2D eigenvalue weighted by Crippen LogP contribution is -2.16. The number of aryl methyl sites for hydroxylation is 1. The third kappa shape index (κ3) is 5.26. The lowest BCUT2D eigenvalue weighted by molar-refractivity contribution is -0.114. The second-order valence-corrected chi connectivity index (χ2v) is 6.44. The summed E-state index contributed by atoms with van der Waals surface area (Å²) in [7, 11) is 0. The van der Waals surface area contributed by atoms with Crippen molar-refractivity contribution >= 4 is 34.8 Å². The minimum atomic E-state index is -0.393. The zero-order valence-electron chi connectivity index (χ0n) is 16.0. The van der Waals surface area contributed by atoms with Crippen molar-refractivity contribution in [1.82, 2.24) is 4.98 Å². The van der Waals surface area contributed by atoms with Crippen LogP contribution in [0.2, 0.25) is 0 Å². The molecule has 3 aromatic rings. The summed E-state index contributed by atoms with van der Waals surface area (Å²) in [5, 5.41) is 8.21. The Hall–Kier alpha value is -4.00. The average molecular weight is 388 g/mol. The standard InChI is InChI=1S/C22H20N4O3/c1-14-5-3-4-6-20(14)26-22(29)17-11-16(12-23-13-17)21(28)25-19-9-7-18(8-10-19)24-15(2)27/h3-13H,1-2H3,(H,24,27)(H,25,28)(H,26,29). The summed E-state index contributed by atoms with van der Waals surface area (Å²) >= 11 is 0. The number of carbonyl (C=O) groups is 3. The highest BCUT2D eigenvalue weighted by atomic mass is 16.2. The highest BCUT2D eigenvalue weighted by Gasteiger charge is 2.13. The van der Waals surface area contributed by atoms with Crippen LogP contribution in [0.25, 0.3) is 0 Å². The van der Waals surface area contributed by atoms with Gasteiger partial charge in [-0.25, -0.2) is 0 Å². The molecule has 0 unspecified atom stereocenters. The molecular weight excluding hydrogens is 368 g/mol. The molecule has 1 heterocycles. The van der Waals surface area contributed by atoms with Gasteiger partial charge in [0.2, 0.25) is 5.91 Å². The van der Waals surface area contributed by atoms with Crippen molar-refractivity contribution in [3.8, 4) is 0 Å². The minimum absolute atomic E-state index is 0.173. The SMILES string of the molecule is CC(=O)Nc1ccc(NC(=O)c2cncc(C(=O)Nc3ccccc3C)c2)cc1. The highest BCUT2D eigenvalue weighted by Crippen LogP contribution is 2.17. The third-order valence-corrected chi connectivity index (χ3v) is 4.12. The van der Waals surface area contributed by atoms with E-state index < -0.39 is 5.91 Å². The Labute approximate surface area is 168 Å². The van der Waals surface area contributed by atoms with Crippen molar-refractivity contribution in [2.45, 2.75) is 13.8 Å². The quantitative estimate of drug-likeness (QED) is 0.618. The Bertz CT molecular complexity index is 1060. The van der Waals surface area contributed by atoms with E-state index in [2.05, 4.69) is 20.9 Å². The predicted octanol–water partition coefficient (Wildman–Crippen LogP) is 3.85. The monoisotopic (exact) mass is 388 g/mol. The van der Waals surface area contributed by atoms with Crippen LogP contribution in [0, 0.1) is 6.92 Å². The molecule has 3 amide bonds. The Morgan fingerprint density at radius 2 is 1.31 bits per heavy atom. The second kappa shape index (κ2) is 8.79. The van der Waals surface area contributed by atoms with Gasteiger partial charge in [0.05, 0.1) is 11.1 Å². The molecular formula is C22H20N4O3. The molecule has 7 nitrogen and oxygen atoms in total. The van der Waals surface area contributed by atoms with Gasteiger partial charge < -0.3 is 16.0 Å². The van der Waals surface area contributed by atoms with Crippen LogP contribution in [0.3, 0.4) is 0 Å². The topological polar surface area (TPSA) is 100 Å². The van der Waals surface area contributed by atoms with Crippen LogP contribution in [-0.4, -0.2) is 22.7 Å². The van der Waals surface area contributed by atoms with Crippen molar-refractivity contribution < 1.29 is 14.4 Å². The average Bonchev–Trinajstić information content (AvgIpc) is 2.71. The largest absolute Gasteiger partial charge is 0.326 e. The summed E-state index contributed by atoms with van der Waals surface area (Å²) in [5.41, 5.74) is 3.36. The number of para-hydroxylation sites is 1. The number of benzene rings is 2. The van der Waals surface area contributed by atoms with E-state index in [1.54, 1.807) is 24.3 Å². The van der Waals surface area contributed by atoms with Crippen LogP contribution in [0.15, 0.2) is 67.0 Å². The van der Waals surface area contributed by atoms with Crippen LogP contribution >= 0.6 is 0 Å². The Kier molecular flexibility index (Phi) is 5.99. The first-order valence-electron chi connectivity index (χ1n) is 8.93. The lowest BCUT2D eigenvalue weighted by atomic mass is 10.1. The highest BCUT2D eigenvalue weighted by molar-refractivity contribution is 6.08. The van der Waals surface area contributed by atoms with E-state index in [9.17, 15) is 14.4 Å². The summed E-state index contributed by atoms with van der Waals surface area (Å²) in [4.78, 5) is 40.1. The van der Waals surface area contributed by atoms with E-state index in [1.807, 2.05) is 31.2 Å². The third-order valence-electron chi connectivity index (χ3n) is 4.12. The van der Waals surface area contributed by atoms with Crippen molar-refractivity contribution in [3.05, 3.63) is 83.7 Å². The van der Waals surface area contributed by atoms with Gasteiger partial charge in [-0.05, 0) is 48.9 Å². The number of hydrogen-bond acceptors (Lipinski definition) is 4. The van der Waals surface area contributed by atoms with Gasteiger partial charge in [0.1, 0.15) is 0 Å². The molecule has 0 aliphatic heterocycles. The molecule has 0 saturated carbocycles. The summed E-state index contributed by atoms with van der Waals surface area (Å²) in [6.07, 6.45) is 2.80. The van der Waals surface area contributed by atoms with Gasteiger partial charge in [-0.3, -0.25) is 19.4 Å². The number of rotatable bonds is 5. The maximum Gasteiger partial charge on any atom is 0.257 e. The van der Waals surface area contributed by atoms with Crippen LogP contribution in [-0.2, 0) is 4.79 Å². The Balaban J connectivity index is 1.70. The molecule has 0 fully saturated rings. The molecule has 7 heteroatoms. The van der Waals surface area contributed by atoms with Gasteiger partial charge in [-0.15, -0.1) is 0 Å². The number of pyridine rings is 1. The molecule has 146 valence electrons. The molecule has 0 aliphatic carbocycles. The van der Waals surface area contributed by atoms with Crippen molar-refractivity contribution in [3.63, 3.8) is 0 Å². The number of nitrogens with zero attached hydrogens (tertiary/aromatic N) is 1. The first-order valence-corrected chi connectivity index (χ1v) is 8.93. The molecule has 0 atom stereocenters. The Morgan fingerprint density at radius 1 is 0.759 bits per heavy atom. The summed E-state index contributed by atoms with van der Waals surface area (Å²) in [6, 6.07) is 15.6. The van der Waals surface area contributed by atoms with Crippen molar-refractivity contribution in [2.75, 3.05) is 16.0 Å². The number of aromatic nitrogens is 1. The van der Waals surface area contributed by atoms with E-state index in [1.165, 1.54) is 25.4 Å². The van der Waals surface area contributed by atoms with Crippen LogP contribution in [0.5, 0.6) is 0 Å². The second-order valence-electron chi connectivity index (χ2n) is 6.44. The molecule has 0 aliphatic rings. The van der Waals surface area contributed by atoms with Gasteiger partial charge in [0.25, 0.3) is 11.8 Å². The van der Waals surface area contributed by atoms with Crippen LogP contribution < -0.4 is 16.0 Å². The van der Waals surface area contributed by atoms with Crippen molar-refractivity contribution in [1.29, 1.82) is 0 Å². The zero-order valence-corrected chi connectivity index (χ0v) is 16.0. The maximum absolute atomic E-state index is 12.5. The molecule has 0 spiro atoms. The van der Waals surface area contributed by atoms with E-state index in [0.717, 1.165) is 5.56 Å². The normalized spacial score (nSPS) is 10.1. The van der Waals surface area contributed by atoms with Crippen LogP contribution in [0.1, 0.15) is 33.2 Å². The fraction of sp³-hybridized carbons (Fsp3) is 0.0909. The van der Waals surface area contributed by atoms with Gasteiger partial charge in [-0.2, -0.15) is 0 Å². The fourth-order valence-electron chi connectivity index (χ4n) is 2.64. The van der Waals surface area contributed by atoms with Crippen molar-refractivity contribution in [2.24, 2.45) is 0 Å².